The molecule has 1 aromatic carbocycles. The monoisotopic (exact) mass is 295 g/mol. The van der Waals surface area contributed by atoms with Crippen molar-refractivity contribution in [3.05, 3.63) is 29.8 Å². The van der Waals surface area contributed by atoms with Crippen LogP contribution >= 0.6 is 0 Å². The van der Waals surface area contributed by atoms with Crippen LogP contribution in [0.25, 0.3) is 0 Å². The summed E-state index contributed by atoms with van der Waals surface area (Å²) in [6.45, 7) is 3.96. The van der Waals surface area contributed by atoms with Crippen molar-refractivity contribution >= 4 is 5.97 Å². The standard InChI is InChI=1S/C15H21NO5/c1-11-15(19,6-8-20-11)10-16-7-9-21-13-4-2-12(3-5-13)14(17)18/h2-5,11,16,19H,6-10H2,1H3,(H,17,18). The molecule has 0 amide bonds. The van der Waals surface area contributed by atoms with E-state index in [2.05, 4.69) is 5.32 Å². The maximum Gasteiger partial charge on any atom is 0.335 e. The fourth-order valence-electron chi connectivity index (χ4n) is 2.24. The van der Waals surface area contributed by atoms with Crippen LogP contribution in [0, 0.1) is 0 Å². The molecule has 0 spiro atoms. The Bertz CT molecular complexity index is 475. The van der Waals surface area contributed by atoms with Gasteiger partial charge in [0.05, 0.1) is 11.7 Å². The van der Waals surface area contributed by atoms with E-state index in [9.17, 15) is 9.90 Å². The Kier molecular flexibility index (Phi) is 5.17. The van der Waals surface area contributed by atoms with E-state index in [1.165, 1.54) is 12.1 Å². The zero-order valence-electron chi connectivity index (χ0n) is 12.0. The Labute approximate surface area is 123 Å². The summed E-state index contributed by atoms with van der Waals surface area (Å²) in [4.78, 5) is 10.7. The molecule has 1 aromatic rings. The summed E-state index contributed by atoms with van der Waals surface area (Å²) in [6.07, 6.45) is 0.480. The van der Waals surface area contributed by atoms with Crippen molar-refractivity contribution in [1.82, 2.24) is 5.32 Å². The van der Waals surface area contributed by atoms with Crippen molar-refractivity contribution in [3.8, 4) is 5.75 Å². The second kappa shape index (κ2) is 6.89. The zero-order valence-corrected chi connectivity index (χ0v) is 12.0. The van der Waals surface area contributed by atoms with Gasteiger partial charge in [-0.15, -0.1) is 0 Å². The van der Waals surface area contributed by atoms with Gasteiger partial charge in [-0.2, -0.15) is 0 Å². The third-order valence-corrected chi connectivity index (χ3v) is 3.74. The van der Waals surface area contributed by atoms with E-state index in [-0.39, 0.29) is 11.7 Å². The summed E-state index contributed by atoms with van der Waals surface area (Å²) in [5, 5.41) is 22.2. The lowest BCUT2D eigenvalue weighted by molar-refractivity contribution is -0.0263. The Morgan fingerprint density at radius 2 is 2.19 bits per heavy atom. The predicted molar refractivity (Wildman–Crippen MR) is 76.7 cm³/mol. The minimum absolute atomic E-state index is 0.158. The largest absolute Gasteiger partial charge is 0.492 e. The normalized spacial score (nSPS) is 25.0. The fraction of sp³-hybridized carbons (Fsp3) is 0.533. The lowest BCUT2D eigenvalue weighted by Crippen LogP contribution is -2.46. The molecule has 2 unspecified atom stereocenters. The molecule has 21 heavy (non-hydrogen) atoms. The minimum atomic E-state index is -0.954. The van der Waals surface area contributed by atoms with Gasteiger partial charge in [-0.25, -0.2) is 4.79 Å². The van der Waals surface area contributed by atoms with Gasteiger partial charge in [-0.1, -0.05) is 0 Å². The van der Waals surface area contributed by atoms with Crippen molar-refractivity contribution in [2.24, 2.45) is 0 Å². The van der Waals surface area contributed by atoms with E-state index < -0.39 is 11.6 Å². The molecule has 0 aliphatic carbocycles. The number of carbonyl (C=O) groups is 1. The topological polar surface area (TPSA) is 88.0 Å². The number of ether oxygens (including phenoxy) is 2. The van der Waals surface area contributed by atoms with Crippen LogP contribution in [-0.2, 0) is 4.74 Å². The maximum atomic E-state index is 10.7. The van der Waals surface area contributed by atoms with Crippen molar-refractivity contribution < 1.29 is 24.5 Å². The number of benzene rings is 1. The first-order chi connectivity index (χ1) is 10.0. The van der Waals surface area contributed by atoms with Gasteiger partial charge >= 0.3 is 5.97 Å². The Morgan fingerprint density at radius 3 is 2.76 bits per heavy atom. The molecule has 0 radical (unpaired) electrons. The summed E-state index contributed by atoms with van der Waals surface area (Å²) >= 11 is 0. The highest BCUT2D eigenvalue weighted by molar-refractivity contribution is 5.87. The van der Waals surface area contributed by atoms with Crippen molar-refractivity contribution in [2.75, 3.05) is 26.3 Å². The number of hydrogen-bond acceptors (Lipinski definition) is 5. The highest BCUT2D eigenvalue weighted by atomic mass is 16.5. The van der Waals surface area contributed by atoms with Gasteiger partial charge in [0.2, 0.25) is 0 Å². The van der Waals surface area contributed by atoms with Crippen LogP contribution in [0.2, 0.25) is 0 Å². The van der Waals surface area contributed by atoms with E-state index in [0.29, 0.717) is 38.5 Å². The van der Waals surface area contributed by atoms with Crippen molar-refractivity contribution in [1.29, 1.82) is 0 Å². The first-order valence-electron chi connectivity index (χ1n) is 7.02. The van der Waals surface area contributed by atoms with E-state index in [0.717, 1.165) is 0 Å². The molecule has 2 rings (SSSR count). The van der Waals surface area contributed by atoms with E-state index in [4.69, 9.17) is 14.6 Å². The molecule has 0 aromatic heterocycles. The average molecular weight is 295 g/mol. The van der Waals surface area contributed by atoms with Crippen LogP contribution < -0.4 is 10.1 Å². The third kappa shape index (κ3) is 4.17. The van der Waals surface area contributed by atoms with E-state index >= 15 is 0 Å². The molecule has 2 atom stereocenters. The molecule has 0 saturated carbocycles. The van der Waals surface area contributed by atoms with Crippen molar-refractivity contribution in [2.45, 2.75) is 25.0 Å². The molecular formula is C15H21NO5. The van der Waals surface area contributed by atoms with Gasteiger partial charge in [-0.3, -0.25) is 0 Å². The van der Waals surface area contributed by atoms with Crippen LogP contribution in [0.1, 0.15) is 23.7 Å². The second-order valence-corrected chi connectivity index (χ2v) is 5.22. The molecule has 3 N–H and O–H groups in total. The summed E-state index contributed by atoms with van der Waals surface area (Å²) in [7, 11) is 0. The van der Waals surface area contributed by atoms with Gasteiger partial charge in [0.25, 0.3) is 0 Å². The maximum absolute atomic E-state index is 10.7. The number of hydrogen-bond donors (Lipinski definition) is 3. The number of aromatic carboxylic acids is 1. The first-order valence-corrected chi connectivity index (χ1v) is 7.02. The summed E-state index contributed by atoms with van der Waals surface area (Å²) in [5.74, 6) is -0.331. The number of rotatable bonds is 7. The van der Waals surface area contributed by atoms with E-state index in [1.54, 1.807) is 12.1 Å². The van der Waals surface area contributed by atoms with Gasteiger partial charge in [0, 0.05) is 26.1 Å². The highest BCUT2D eigenvalue weighted by Crippen LogP contribution is 2.24. The highest BCUT2D eigenvalue weighted by Gasteiger charge is 2.38. The Morgan fingerprint density at radius 1 is 1.48 bits per heavy atom. The number of aliphatic hydroxyl groups is 1. The smallest absolute Gasteiger partial charge is 0.335 e. The number of carboxylic acid groups (broad SMARTS) is 1. The molecule has 1 aliphatic rings. The van der Waals surface area contributed by atoms with Gasteiger partial charge in [0.1, 0.15) is 18.0 Å². The quantitative estimate of drug-likeness (QED) is 0.648. The number of nitrogens with one attached hydrogen (secondary N) is 1. The molecule has 1 heterocycles. The molecule has 6 nitrogen and oxygen atoms in total. The Hall–Kier alpha value is -1.63. The minimum Gasteiger partial charge on any atom is -0.492 e. The van der Waals surface area contributed by atoms with Crippen molar-refractivity contribution in [3.63, 3.8) is 0 Å². The molecule has 6 heteroatoms. The first kappa shape index (κ1) is 15.8. The Balaban J connectivity index is 1.67. The zero-order chi connectivity index (χ0) is 15.3. The van der Waals surface area contributed by atoms with Crippen LogP contribution in [-0.4, -0.2) is 54.2 Å². The molecule has 0 bridgehead atoms. The van der Waals surface area contributed by atoms with Crippen LogP contribution in [0.15, 0.2) is 24.3 Å². The summed E-state index contributed by atoms with van der Waals surface area (Å²) < 4.78 is 10.9. The molecule has 1 aliphatic heterocycles. The average Bonchev–Trinajstić information content (AvgIpc) is 2.79. The van der Waals surface area contributed by atoms with Crippen LogP contribution in [0.5, 0.6) is 5.75 Å². The lowest BCUT2D eigenvalue weighted by atomic mass is 9.97. The van der Waals surface area contributed by atoms with Crippen LogP contribution in [0.4, 0.5) is 0 Å². The van der Waals surface area contributed by atoms with Crippen LogP contribution in [0.3, 0.4) is 0 Å². The lowest BCUT2D eigenvalue weighted by Gasteiger charge is -2.26. The summed E-state index contributed by atoms with van der Waals surface area (Å²) in [5.41, 5.74) is -0.568. The summed E-state index contributed by atoms with van der Waals surface area (Å²) in [6, 6.07) is 6.27. The fourth-order valence-corrected chi connectivity index (χ4v) is 2.24. The second-order valence-electron chi connectivity index (χ2n) is 5.22. The van der Waals surface area contributed by atoms with E-state index in [1.807, 2.05) is 6.92 Å². The molecular weight excluding hydrogens is 274 g/mol. The molecule has 116 valence electrons. The van der Waals surface area contributed by atoms with Gasteiger partial charge < -0.3 is 25.0 Å². The SMILES string of the molecule is CC1OCCC1(O)CNCCOc1ccc(C(=O)O)cc1. The van der Waals surface area contributed by atoms with Gasteiger partial charge in [0.15, 0.2) is 0 Å². The predicted octanol–water partition coefficient (Wildman–Crippen LogP) is 0.893. The van der Waals surface area contributed by atoms with Gasteiger partial charge in [-0.05, 0) is 31.2 Å². The molecule has 1 fully saturated rings. The molecule has 1 saturated heterocycles. The third-order valence-electron chi connectivity index (χ3n) is 3.74. The number of carboxylic acids is 1.